The van der Waals surface area contributed by atoms with Gasteiger partial charge < -0.3 is 35.7 Å². The summed E-state index contributed by atoms with van der Waals surface area (Å²) in [5.41, 5.74) is 8.73. The highest BCUT2D eigenvalue weighted by atomic mass is 19.1. The van der Waals surface area contributed by atoms with Crippen molar-refractivity contribution in [2.24, 2.45) is 7.05 Å². The lowest BCUT2D eigenvalue weighted by Gasteiger charge is -2.32. The molecule has 0 bridgehead atoms. The fraction of sp³-hybridized carbons (Fsp3) is 0.367. The van der Waals surface area contributed by atoms with Crippen LogP contribution in [0.3, 0.4) is 0 Å². The maximum Gasteiger partial charge on any atom is 0.329 e. The molecule has 0 spiro atoms. The average molecular weight is 898 g/mol. The van der Waals surface area contributed by atoms with Crippen LogP contribution >= 0.6 is 0 Å². The molecule has 17 heteroatoms. The van der Waals surface area contributed by atoms with Gasteiger partial charge in [0.05, 0.1) is 28.4 Å². The molecule has 0 radical (unpaired) electrons. The lowest BCUT2D eigenvalue weighted by molar-refractivity contribution is -0.130. The van der Waals surface area contributed by atoms with Gasteiger partial charge in [0, 0.05) is 81.8 Å². The summed E-state index contributed by atoms with van der Waals surface area (Å²) in [6.07, 6.45) is 2.44. The molecule has 16 nitrogen and oxygen atoms in total. The zero-order valence-electron chi connectivity index (χ0n) is 37.0. The minimum absolute atomic E-state index is 0.0435. The molecular weight excluding hydrogens is 846 g/mol. The Morgan fingerprint density at radius 3 is 2.48 bits per heavy atom. The number of ether oxygens (including phenoxy) is 1. The van der Waals surface area contributed by atoms with E-state index in [1.54, 1.807) is 66.5 Å². The van der Waals surface area contributed by atoms with Gasteiger partial charge in [-0.1, -0.05) is 30.0 Å². The first kappa shape index (κ1) is 44.4. The number of nitrogens with one attached hydrogen (secondary N) is 4. The normalized spacial score (nSPS) is 20.0. The number of amides is 4. The summed E-state index contributed by atoms with van der Waals surface area (Å²) in [7, 11) is 4.91. The Bertz CT molecular complexity index is 2880. The standard InChI is InChI=1S/C49H52FN9O7/c1-51-46(62)30-9-4-11-32(26-30)52-48(64)44-42-37(56(3)54-44)17-16-36(43(42)50)35-15-14-33(58-22-6-13-41(58)61)27-31(35)28-57-23-20-34(21-24-57)66-25-7-10-29-8-5-12-38-45(29)55(2)49(65)59(38)39-18-19-40(60)53-47(39)63/h4-5,8-9,11-12,14-17,26-27,34,39-40,44,54,60H,6,13,18-25,28H2,1-3H3,(H,51,62)(H,52,64)(H,53,63). The van der Waals surface area contributed by atoms with Gasteiger partial charge in [-0.2, -0.15) is 0 Å². The van der Waals surface area contributed by atoms with Crippen LogP contribution in [0.4, 0.5) is 21.5 Å². The number of aliphatic hydroxyl groups is 1. The number of likely N-dealkylation sites (tertiary alicyclic amines) is 1. The molecule has 342 valence electrons. The third-order valence-electron chi connectivity index (χ3n) is 13.1. The third-order valence-corrected chi connectivity index (χ3v) is 13.1. The van der Waals surface area contributed by atoms with Crippen molar-refractivity contribution in [1.82, 2.24) is 30.1 Å². The number of nitrogens with zero attached hydrogens (tertiary/aromatic N) is 5. The van der Waals surface area contributed by atoms with E-state index in [1.165, 1.54) is 16.2 Å². The van der Waals surface area contributed by atoms with Crippen molar-refractivity contribution < 1.29 is 33.4 Å². The highest BCUT2D eigenvalue weighted by Gasteiger charge is 2.37. The highest BCUT2D eigenvalue weighted by molar-refractivity contribution is 6.00. The summed E-state index contributed by atoms with van der Waals surface area (Å²) in [5, 5.41) is 19.5. The minimum atomic E-state index is -1.06. The maximum atomic E-state index is 17.1. The van der Waals surface area contributed by atoms with Crippen LogP contribution in [-0.2, 0) is 32.7 Å². The fourth-order valence-corrected chi connectivity index (χ4v) is 9.67. The number of aromatic nitrogens is 2. The number of halogens is 1. The van der Waals surface area contributed by atoms with Gasteiger partial charge in [0.15, 0.2) is 0 Å². The van der Waals surface area contributed by atoms with E-state index in [0.717, 1.165) is 30.5 Å². The minimum Gasteiger partial charge on any atom is -0.374 e. The van der Waals surface area contributed by atoms with Gasteiger partial charge >= 0.3 is 5.69 Å². The molecule has 0 saturated carbocycles. The summed E-state index contributed by atoms with van der Waals surface area (Å²) in [6.45, 7) is 2.69. The monoisotopic (exact) mass is 897 g/mol. The van der Waals surface area contributed by atoms with Gasteiger partial charge in [-0.25, -0.2) is 14.6 Å². The molecule has 4 aromatic carbocycles. The van der Waals surface area contributed by atoms with Crippen LogP contribution in [0.25, 0.3) is 22.2 Å². The summed E-state index contributed by atoms with van der Waals surface area (Å²) in [4.78, 5) is 69.1. The maximum absolute atomic E-state index is 17.1. The number of rotatable bonds is 10. The van der Waals surface area contributed by atoms with Crippen molar-refractivity contribution in [3.05, 3.63) is 111 Å². The Morgan fingerprint density at radius 2 is 1.73 bits per heavy atom. The van der Waals surface area contributed by atoms with E-state index in [2.05, 4.69) is 38.1 Å². The average Bonchev–Trinajstić information content (AvgIpc) is 3.98. The van der Waals surface area contributed by atoms with E-state index >= 15 is 4.39 Å². The molecule has 4 amide bonds. The second kappa shape index (κ2) is 18.6. The van der Waals surface area contributed by atoms with E-state index in [1.807, 2.05) is 30.3 Å². The number of hydrogen-bond acceptors (Lipinski definition) is 10. The molecule has 5 heterocycles. The predicted molar refractivity (Wildman–Crippen MR) is 247 cm³/mol. The predicted octanol–water partition coefficient (Wildman–Crippen LogP) is 4.07. The zero-order valence-corrected chi connectivity index (χ0v) is 37.0. The first-order valence-electron chi connectivity index (χ1n) is 22.3. The summed E-state index contributed by atoms with van der Waals surface area (Å²) in [5.74, 6) is 4.64. The van der Waals surface area contributed by atoms with Crippen LogP contribution in [0.2, 0.25) is 0 Å². The highest BCUT2D eigenvalue weighted by Crippen LogP contribution is 2.41. The Balaban J connectivity index is 0.900. The summed E-state index contributed by atoms with van der Waals surface area (Å²) in [6, 6.07) is 19.4. The van der Waals surface area contributed by atoms with Crippen molar-refractivity contribution in [3.8, 4) is 23.0 Å². The molecule has 3 saturated heterocycles. The topological polar surface area (TPSA) is 183 Å². The summed E-state index contributed by atoms with van der Waals surface area (Å²) >= 11 is 0. The molecule has 4 aliphatic rings. The number of para-hydroxylation sites is 1. The lowest BCUT2D eigenvalue weighted by Crippen LogP contribution is -2.46. The number of carbonyl (C=O) groups is 4. The molecule has 0 aliphatic carbocycles. The fourth-order valence-electron chi connectivity index (χ4n) is 9.67. The Labute approximate surface area is 380 Å². The Hall–Kier alpha value is -6.84. The second-order valence-electron chi connectivity index (χ2n) is 17.2. The Kier molecular flexibility index (Phi) is 12.5. The number of carbonyl (C=O) groups excluding carboxylic acids is 4. The molecule has 3 fully saturated rings. The van der Waals surface area contributed by atoms with Crippen LogP contribution in [0.1, 0.15) is 77.7 Å². The van der Waals surface area contributed by atoms with Gasteiger partial charge in [-0.05, 0) is 97.8 Å². The first-order chi connectivity index (χ1) is 31.9. The first-order valence-corrected chi connectivity index (χ1v) is 22.3. The quantitative estimate of drug-likeness (QED) is 0.128. The summed E-state index contributed by atoms with van der Waals surface area (Å²) < 4.78 is 26.3. The van der Waals surface area contributed by atoms with Gasteiger partial charge in [0.25, 0.3) is 5.91 Å². The second-order valence-corrected chi connectivity index (χ2v) is 17.2. The number of hydrazine groups is 1. The molecule has 9 rings (SSSR count). The van der Waals surface area contributed by atoms with Crippen LogP contribution in [0.15, 0.2) is 77.6 Å². The molecule has 3 unspecified atom stereocenters. The van der Waals surface area contributed by atoms with E-state index < -0.39 is 35.9 Å². The molecular formula is C49H52FN9O7. The van der Waals surface area contributed by atoms with Gasteiger partial charge in [-0.15, -0.1) is 0 Å². The number of fused-ring (bicyclic) bond motifs is 2. The number of benzene rings is 4. The number of imidazole rings is 1. The van der Waals surface area contributed by atoms with E-state index in [4.69, 9.17) is 4.74 Å². The van der Waals surface area contributed by atoms with Crippen LogP contribution < -0.4 is 37.0 Å². The SMILES string of the molecule is CNC(=O)c1cccc(NC(=O)C2NN(C)c3ccc(-c4ccc(N5CCCC5=O)cc4CN4CCC(OCC#Cc5cccc6c5n(C)c(=O)n6C5CCC(O)NC5=O)CC4)c(F)c32)c1. The number of aliphatic hydroxyl groups excluding tert-OH is 1. The van der Waals surface area contributed by atoms with Gasteiger partial charge in [0.1, 0.15) is 30.7 Å². The van der Waals surface area contributed by atoms with E-state index in [0.29, 0.717) is 90.1 Å². The molecule has 3 atom stereocenters. The zero-order chi connectivity index (χ0) is 46.2. The van der Waals surface area contributed by atoms with Crippen LogP contribution in [0, 0.1) is 17.7 Å². The molecule has 66 heavy (non-hydrogen) atoms. The molecule has 5 aromatic rings. The smallest absolute Gasteiger partial charge is 0.329 e. The van der Waals surface area contributed by atoms with Crippen molar-refractivity contribution in [3.63, 3.8) is 0 Å². The van der Waals surface area contributed by atoms with Crippen LogP contribution in [-0.4, -0.2) is 95.4 Å². The number of anilines is 3. The van der Waals surface area contributed by atoms with Crippen molar-refractivity contribution >= 4 is 51.7 Å². The lowest BCUT2D eigenvalue weighted by atomic mass is 9.93. The van der Waals surface area contributed by atoms with Crippen molar-refractivity contribution in [2.75, 3.05) is 55.6 Å². The molecule has 1 aromatic heterocycles. The van der Waals surface area contributed by atoms with E-state index in [9.17, 15) is 29.1 Å². The number of aryl methyl sites for hydroxylation is 1. The van der Waals surface area contributed by atoms with Crippen molar-refractivity contribution in [1.29, 1.82) is 0 Å². The third kappa shape index (κ3) is 8.56. The molecule has 5 N–H and O–H groups in total. The van der Waals surface area contributed by atoms with Crippen LogP contribution in [0.5, 0.6) is 0 Å². The largest absolute Gasteiger partial charge is 0.374 e. The number of hydrogen-bond donors (Lipinski definition) is 5. The van der Waals surface area contributed by atoms with E-state index in [-0.39, 0.29) is 35.8 Å². The van der Waals surface area contributed by atoms with Gasteiger partial charge in [-0.3, -0.25) is 33.2 Å². The Morgan fingerprint density at radius 1 is 0.939 bits per heavy atom. The number of piperidine rings is 2. The molecule has 4 aliphatic heterocycles. The van der Waals surface area contributed by atoms with Crippen molar-refractivity contribution in [2.45, 2.75) is 69.5 Å². The van der Waals surface area contributed by atoms with Gasteiger partial charge in [0.2, 0.25) is 17.7 Å².